The number of fused-ring (bicyclic) bond motifs is 1. The number of aryl methyl sites for hydroxylation is 1. The number of amides is 2. The van der Waals surface area contributed by atoms with Crippen LogP contribution in [-0.4, -0.2) is 27.3 Å². The molecule has 0 atom stereocenters. The fourth-order valence-electron chi connectivity index (χ4n) is 3.03. The maximum absolute atomic E-state index is 12.7. The Kier molecular flexibility index (Phi) is 5.18. The Balaban J connectivity index is 1.42. The lowest BCUT2D eigenvalue weighted by molar-refractivity contribution is -0.115. The maximum atomic E-state index is 12.7. The number of nitrogens with one attached hydrogen (secondary N) is 1. The van der Waals surface area contributed by atoms with Gasteiger partial charge in [0.15, 0.2) is 0 Å². The molecule has 1 saturated heterocycles. The third kappa shape index (κ3) is 4.07. The highest BCUT2D eigenvalue weighted by Crippen LogP contribution is 2.26. The fraction of sp³-hybridized carbons (Fsp3) is 0.143. The molecule has 0 bridgehead atoms. The van der Waals surface area contributed by atoms with Gasteiger partial charge in [-0.05, 0) is 54.6 Å². The molecule has 0 radical (unpaired) electrons. The third-order valence-electron chi connectivity index (χ3n) is 4.46. The number of benzene rings is 2. The summed E-state index contributed by atoms with van der Waals surface area (Å²) >= 11 is 0.880. The van der Waals surface area contributed by atoms with Gasteiger partial charge < -0.3 is 4.74 Å². The molecule has 1 aromatic heterocycles. The van der Waals surface area contributed by atoms with Crippen LogP contribution in [0.5, 0.6) is 5.75 Å². The molecule has 2 amide bonds. The highest BCUT2D eigenvalue weighted by Gasteiger charge is 2.24. The molecular formula is C21H17N3O4S. The molecule has 0 aliphatic carbocycles. The average Bonchev–Trinajstić information content (AvgIpc) is 3.02. The number of aromatic nitrogens is 2. The number of nitrogens with zero attached hydrogens (tertiary/aromatic N) is 2. The molecule has 0 unspecified atom stereocenters. The summed E-state index contributed by atoms with van der Waals surface area (Å²) in [5, 5.41) is 2.44. The molecule has 4 rings (SSSR count). The molecule has 29 heavy (non-hydrogen) atoms. The Hall–Kier alpha value is -3.39. The lowest BCUT2D eigenvalue weighted by Crippen LogP contribution is -2.26. The van der Waals surface area contributed by atoms with E-state index in [2.05, 4.69) is 10.3 Å². The maximum Gasteiger partial charge on any atom is 0.290 e. The third-order valence-corrected chi connectivity index (χ3v) is 5.27. The Labute approximate surface area is 170 Å². The van der Waals surface area contributed by atoms with Gasteiger partial charge in [-0.1, -0.05) is 24.3 Å². The van der Waals surface area contributed by atoms with Gasteiger partial charge >= 0.3 is 0 Å². The van der Waals surface area contributed by atoms with Crippen LogP contribution in [0.15, 0.2) is 58.2 Å². The van der Waals surface area contributed by atoms with Crippen LogP contribution in [0.1, 0.15) is 11.4 Å². The number of imide groups is 1. The highest BCUT2D eigenvalue weighted by atomic mass is 32.2. The van der Waals surface area contributed by atoms with Gasteiger partial charge in [-0.3, -0.25) is 24.3 Å². The van der Waals surface area contributed by atoms with Crippen LogP contribution in [-0.2, 0) is 11.3 Å². The predicted octanol–water partition coefficient (Wildman–Crippen LogP) is 3.11. The standard InChI is InChI=1S/C21H17N3O4S/c1-13-22-17-5-3-2-4-16(17)20(26)24(13)10-11-28-15-8-6-14(7-9-15)12-18-19(25)23-21(27)29-18/h2-9,12H,10-11H2,1H3,(H,23,25,27)/b18-12+. The Bertz CT molecular complexity index is 1200. The minimum atomic E-state index is -0.384. The SMILES string of the molecule is Cc1nc2ccccc2c(=O)n1CCOc1ccc(/C=C2/SC(=O)NC2=O)cc1. The summed E-state index contributed by atoms with van der Waals surface area (Å²) in [6.45, 7) is 2.50. The summed E-state index contributed by atoms with van der Waals surface area (Å²) in [5.41, 5.74) is 1.39. The lowest BCUT2D eigenvalue weighted by atomic mass is 10.2. The minimum absolute atomic E-state index is 0.0828. The van der Waals surface area contributed by atoms with Crippen LogP contribution in [0.3, 0.4) is 0 Å². The van der Waals surface area contributed by atoms with Crippen LogP contribution in [0.4, 0.5) is 4.79 Å². The highest BCUT2D eigenvalue weighted by molar-refractivity contribution is 8.18. The summed E-state index contributed by atoms with van der Waals surface area (Å²) < 4.78 is 7.35. The van der Waals surface area contributed by atoms with Crippen molar-refractivity contribution in [3.05, 3.63) is 75.2 Å². The van der Waals surface area contributed by atoms with Crippen LogP contribution in [0, 0.1) is 6.92 Å². The zero-order chi connectivity index (χ0) is 20.4. The molecule has 1 aliphatic rings. The summed E-state index contributed by atoms with van der Waals surface area (Å²) in [5.74, 6) is 0.900. The number of para-hydroxylation sites is 1. The zero-order valence-corrected chi connectivity index (χ0v) is 16.4. The first kappa shape index (κ1) is 18.9. The number of carbonyl (C=O) groups excluding carboxylic acids is 2. The molecule has 2 heterocycles. The smallest absolute Gasteiger partial charge is 0.290 e. The first-order valence-corrected chi connectivity index (χ1v) is 9.77. The molecule has 8 heteroatoms. The molecule has 0 saturated carbocycles. The van der Waals surface area contributed by atoms with E-state index in [9.17, 15) is 14.4 Å². The van der Waals surface area contributed by atoms with Crippen molar-refractivity contribution in [3.63, 3.8) is 0 Å². The van der Waals surface area contributed by atoms with Gasteiger partial charge in [0, 0.05) is 0 Å². The number of thioether (sulfide) groups is 1. The predicted molar refractivity (Wildman–Crippen MR) is 112 cm³/mol. The van der Waals surface area contributed by atoms with Gasteiger partial charge in [0.25, 0.3) is 16.7 Å². The number of rotatable bonds is 5. The van der Waals surface area contributed by atoms with Crippen LogP contribution < -0.4 is 15.6 Å². The Morgan fingerprint density at radius 3 is 2.59 bits per heavy atom. The van der Waals surface area contributed by atoms with E-state index in [4.69, 9.17) is 4.74 Å². The topological polar surface area (TPSA) is 90.3 Å². The molecule has 3 aromatic rings. The van der Waals surface area contributed by atoms with Gasteiger partial charge in [-0.15, -0.1) is 0 Å². The van der Waals surface area contributed by atoms with Gasteiger partial charge in [-0.25, -0.2) is 4.98 Å². The summed E-state index contributed by atoms with van der Waals surface area (Å²) in [6.07, 6.45) is 1.65. The van der Waals surface area contributed by atoms with Crippen LogP contribution in [0.25, 0.3) is 17.0 Å². The number of hydrogen-bond acceptors (Lipinski definition) is 6. The van der Waals surface area contributed by atoms with Gasteiger partial charge in [0.1, 0.15) is 18.2 Å². The molecule has 2 aromatic carbocycles. The molecule has 1 aliphatic heterocycles. The second-order valence-corrected chi connectivity index (χ2v) is 7.42. The van der Waals surface area contributed by atoms with E-state index < -0.39 is 0 Å². The van der Waals surface area contributed by atoms with E-state index in [0.29, 0.717) is 40.5 Å². The van der Waals surface area contributed by atoms with Gasteiger partial charge in [0.05, 0.1) is 22.4 Å². The van der Waals surface area contributed by atoms with Crippen molar-refractivity contribution in [2.24, 2.45) is 0 Å². The van der Waals surface area contributed by atoms with E-state index in [-0.39, 0.29) is 16.7 Å². The van der Waals surface area contributed by atoms with Crippen LogP contribution in [0.2, 0.25) is 0 Å². The first-order chi connectivity index (χ1) is 14.0. The second kappa shape index (κ2) is 7.92. The molecule has 1 N–H and O–H groups in total. The number of hydrogen-bond donors (Lipinski definition) is 1. The Morgan fingerprint density at radius 2 is 1.86 bits per heavy atom. The second-order valence-electron chi connectivity index (χ2n) is 6.40. The quantitative estimate of drug-likeness (QED) is 0.654. The number of carbonyl (C=O) groups is 2. The number of ether oxygens (including phenoxy) is 1. The monoisotopic (exact) mass is 407 g/mol. The zero-order valence-electron chi connectivity index (χ0n) is 15.5. The summed E-state index contributed by atoms with van der Waals surface area (Å²) in [6, 6.07) is 14.4. The van der Waals surface area contributed by atoms with E-state index in [1.54, 1.807) is 47.9 Å². The average molecular weight is 407 g/mol. The van der Waals surface area contributed by atoms with Crippen molar-refractivity contribution in [2.45, 2.75) is 13.5 Å². The minimum Gasteiger partial charge on any atom is -0.492 e. The van der Waals surface area contributed by atoms with E-state index >= 15 is 0 Å². The molecular weight excluding hydrogens is 390 g/mol. The molecule has 0 spiro atoms. The van der Waals surface area contributed by atoms with E-state index in [0.717, 1.165) is 17.3 Å². The van der Waals surface area contributed by atoms with E-state index in [1.807, 2.05) is 18.2 Å². The fourth-order valence-corrected chi connectivity index (χ4v) is 3.71. The van der Waals surface area contributed by atoms with Crippen molar-refractivity contribution < 1.29 is 14.3 Å². The van der Waals surface area contributed by atoms with Gasteiger partial charge in [-0.2, -0.15) is 0 Å². The van der Waals surface area contributed by atoms with Crippen molar-refractivity contribution >= 4 is 39.9 Å². The lowest BCUT2D eigenvalue weighted by Gasteiger charge is -2.12. The normalized spacial score (nSPS) is 15.1. The van der Waals surface area contributed by atoms with Crippen molar-refractivity contribution in [2.75, 3.05) is 6.61 Å². The van der Waals surface area contributed by atoms with E-state index in [1.165, 1.54) is 0 Å². The molecule has 7 nitrogen and oxygen atoms in total. The Morgan fingerprint density at radius 1 is 1.10 bits per heavy atom. The summed E-state index contributed by atoms with van der Waals surface area (Å²) in [7, 11) is 0. The van der Waals surface area contributed by atoms with Gasteiger partial charge in [0.2, 0.25) is 0 Å². The summed E-state index contributed by atoms with van der Waals surface area (Å²) in [4.78, 5) is 40.3. The molecule has 146 valence electrons. The molecule has 1 fully saturated rings. The van der Waals surface area contributed by atoms with Crippen LogP contribution >= 0.6 is 11.8 Å². The first-order valence-electron chi connectivity index (χ1n) is 8.95. The van der Waals surface area contributed by atoms with Crippen molar-refractivity contribution in [1.29, 1.82) is 0 Å². The van der Waals surface area contributed by atoms with Crippen molar-refractivity contribution in [1.82, 2.24) is 14.9 Å². The largest absolute Gasteiger partial charge is 0.492 e. The van der Waals surface area contributed by atoms with Crippen molar-refractivity contribution in [3.8, 4) is 5.75 Å².